The number of para-hydroxylation sites is 1. The molecule has 3 aromatic rings. The first-order valence-electron chi connectivity index (χ1n) is 6.58. The van der Waals surface area contributed by atoms with Gasteiger partial charge in [-0.3, -0.25) is 0 Å². The smallest absolute Gasteiger partial charge is 0.269 e. The van der Waals surface area contributed by atoms with E-state index in [2.05, 4.69) is 10.1 Å². The van der Waals surface area contributed by atoms with Gasteiger partial charge in [-0.05, 0) is 37.3 Å². The minimum Gasteiger partial charge on any atom is -0.496 e. The van der Waals surface area contributed by atoms with Crippen molar-refractivity contribution in [2.24, 2.45) is 0 Å². The topological polar surface area (TPSA) is 48.2 Å². The Morgan fingerprint density at radius 3 is 2.82 bits per heavy atom. The van der Waals surface area contributed by atoms with Gasteiger partial charge in [-0.2, -0.15) is 4.98 Å². The molecule has 0 N–H and O–H groups in total. The summed E-state index contributed by atoms with van der Waals surface area (Å²) in [6, 6.07) is 11.5. The van der Waals surface area contributed by atoms with E-state index in [0.717, 1.165) is 10.4 Å². The number of halogens is 1. The van der Waals surface area contributed by atoms with Crippen LogP contribution in [-0.2, 0) is 0 Å². The Bertz CT molecular complexity index is 823. The van der Waals surface area contributed by atoms with Crippen molar-refractivity contribution in [3.8, 4) is 17.1 Å². The summed E-state index contributed by atoms with van der Waals surface area (Å²) in [5.74, 6) is 1.42. The van der Waals surface area contributed by atoms with Crippen molar-refractivity contribution in [2.75, 3.05) is 7.11 Å². The Labute approximate surface area is 137 Å². The molecule has 0 bridgehead atoms. The normalized spacial score (nSPS) is 11.7. The average molecular weight is 333 g/mol. The quantitative estimate of drug-likeness (QED) is 0.685. The number of aromatic nitrogens is 2. The Hall–Kier alpha value is -2.11. The van der Waals surface area contributed by atoms with Crippen LogP contribution in [0.5, 0.6) is 5.75 Å². The lowest BCUT2D eigenvalue weighted by atomic mass is 10.2. The van der Waals surface area contributed by atoms with Crippen LogP contribution in [0.1, 0.15) is 15.6 Å². The van der Waals surface area contributed by atoms with Crippen molar-refractivity contribution < 1.29 is 9.26 Å². The van der Waals surface area contributed by atoms with E-state index in [4.69, 9.17) is 20.9 Å². The van der Waals surface area contributed by atoms with Gasteiger partial charge >= 0.3 is 0 Å². The lowest BCUT2D eigenvalue weighted by molar-refractivity contribution is 0.406. The lowest BCUT2D eigenvalue weighted by Gasteiger charge is -2.02. The molecule has 0 saturated heterocycles. The second kappa shape index (κ2) is 6.34. The molecule has 2 aromatic heterocycles. The number of methoxy groups -OCH3 is 1. The van der Waals surface area contributed by atoms with Crippen LogP contribution >= 0.6 is 22.9 Å². The fraction of sp³-hybridized carbons (Fsp3) is 0.125. The first-order chi connectivity index (χ1) is 10.7. The summed E-state index contributed by atoms with van der Waals surface area (Å²) < 4.78 is 10.5. The monoisotopic (exact) mass is 332 g/mol. The molecule has 3 rings (SSSR count). The summed E-state index contributed by atoms with van der Waals surface area (Å²) in [5.41, 5.74) is 0.761. The Kier molecular flexibility index (Phi) is 4.27. The van der Waals surface area contributed by atoms with E-state index >= 15 is 0 Å². The molecule has 22 heavy (non-hydrogen) atoms. The molecule has 4 nitrogen and oxygen atoms in total. The van der Waals surface area contributed by atoms with Crippen molar-refractivity contribution in [1.82, 2.24) is 10.1 Å². The fourth-order valence-electron chi connectivity index (χ4n) is 1.98. The molecule has 0 amide bonds. The molecule has 0 radical (unpaired) electrons. The molecule has 112 valence electrons. The molecule has 0 unspecified atom stereocenters. The zero-order valence-electron chi connectivity index (χ0n) is 12.0. The maximum atomic E-state index is 6.26. The second-order valence-electron chi connectivity index (χ2n) is 4.56. The molecule has 0 spiro atoms. The van der Waals surface area contributed by atoms with Crippen LogP contribution in [0.2, 0.25) is 0 Å². The third kappa shape index (κ3) is 3.05. The summed E-state index contributed by atoms with van der Waals surface area (Å²) in [7, 11) is 1.60. The predicted molar refractivity (Wildman–Crippen MR) is 89.1 cm³/mol. The number of hydrogen-bond donors (Lipinski definition) is 0. The highest BCUT2D eigenvalue weighted by Crippen LogP contribution is 2.30. The van der Waals surface area contributed by atoms with E-state index in [1.54, 1.807) is 18.4 Å². The second-order valence-corrected chi connectivity index (χ2v) is 6.29. The molecule has 0 fully saturated rings. The van der Waals surface area contributed by atoms with Crippen LogP contribution in [0.25, 0.3) is 22.5 Å². The minimum atomic E-state index is 0.286. The molecule has 0 aliphatic carbocycles. The van der Waals surface area contributed by atoms with Gasteiger partial charge in [0.05, 0.1) is 12.7 Å². The van der Waals surface area contributed by atoms with Gasteiger partial charge in [-0.25, -0.2) is 0 Å². The highest BCUT2D eigenvalue weighted by molar-refractivity contribution is 7.12. The highest BCUT2D eigenvalue weighted by Gasteiger charge is 2.14. The minimum absolute atomic E-state index is 0.286. The molecule has 1 aromatic carbocycles. The predicted octanol–water partition coefficient (Wildman–Crippen LogP) is 4.85. The summed E-state index contributed by atoms with van der Waals surface area (Å²) >= 11 is 7.91. The zero-order valence-corrected chi connectivity index (χ0v) is 13.6. The number of rotatable bonds is 4. The summed E-state index contributed by atoms with van der Waals surface area (Å²) in [4.78, 5) is 6.60. The van der Waals surface area contributed by atoms with Gasteiger partial charge in [-0.15, -0.1) is 11.3 Å². The van der Waals surface area contributed by atoms with Crippen molar-refractivity contribution >= 4 is 34.0 Å². The molecular formula is C16H13ClN2O2S. The molecule has 6 heteroatoms. The van der Waals surface area contributed by atoms with Crippen molar-refractivity contribution in [2.45, 2.75) is 6.92 Å². The molecule has 0 saturated carbocycles. The number of hydrogen-bond acceptors (Lipinski definition) is 5. The number of aryl methyl sites for hydroxylation is 1. The fourth-order valence-corrected chi connectivity index (χ4v) is 3.06. The van der Waals surface area contributed by atoms with Crippen molar-refractivity contribution in [3.63, 3.8) is 0 Å². The highest BCUT2D eigenvalue weighted by atomic mass is 35.5. The van der Waals surface area contributed by atoms with E-state index in [9.17, 15) is 0 Å². The summed E-state index contributed by atoms with van der Waals surface area (Å²) in [6.07, 6.45) is 1.82. The Morgan fingerprint density at radius 2 is 2.09 bits per heavy atom. The molecule has 2 heterocycles. The third-order valence-corrected chi connectivity index (χ3v) is 4.23. The van der Waals surface area contributed by atoms with Gasteiger partial charge in [0, 0.05) is 9.75 Å². The van der Waals surface area contributed by atoms with Gasteiger partial charge in [0.25, 0.3) is 5.89 Å². The first-order valence-corrected chi connectivity index (χ1v) is 7.78. The summed E-state index contributed by atoms with van der Waals surface area (Å²) in [5, 5.41) is 4.39. The maximum Gasteiger partial charge on any atom is 0.269 e. The first kappa shape index (κ1) is 14.8. The van der Waals surface area contributed by atoms with Gasteiger partial charge in [0.1, 0.15) is 10.8 Å². The van der Waals surface area contributed by atoms with Crippen molar-refractivity contribution in [1.29, 1.82) is 0 Å². The average Bonchev–Trinajstić information content (AvgIpc) is 3.16. The van der Waals surface area contributed by atoms with Gasteiger partial charge in [0.2, 0.25) is 5.82 Å². The van der Waals surface area contributed by atoms with Gasteiger partial charge in [0.15, 0.2) is 0 Å². The Balaban J connectivity index is 1.92. The SMILES string of the molecule is COc1ccccc1-c1noc(/C(Cl)=C/c2ccc(C)s2)n1. The standard InChI is InChI=1S/C16H13ClN2O2S/c1-10-7-8-11(22-10)9-13(17)16-18-15(19-21-16)12-5-3-4-6-14(12)20-2/h3-9H,1-2H3/b13-9-. The van der Waals surface area contributed by atoms with E-state index in [1.807, 2.05) is 49.4 Å². The van der Waals surface area contributed by atoms with Gasteiger partial charge in [-0.1, -0.05) is 28.9 Å². The maximum absolute atomic E-state index is 6.26. The number of thiophene rings is 1. The van der Waals surface area contributed by atoms with Crippen LogP contribution in [-0.4, -0.2) is 17.3 Å². The van der Waals surface area contributed by atoms with Crippen LogP contribution in [0.3, 0.4) is 0 Å². The molecular weight excluding hydrogens is 320 g/mol. The van der Waals surface area contributed by atoms with Crippen molar-refractivity contribution in [3.05, 3.63) is 52.0 Å². The van der Waals surface area contributed by atoms with E-state index in [1.165, 1.54) is 4.88 Å². The van der Waals surface area contributed by atoms with Crippen LogP contribution in [0, 0.1) is 6.92 Å². The number of benzene rings is 1. The summed E-state index contributed by atoms with van der Waals surface area (Å²) in [6.45, 7) is 2.04. The van der Waals surface area contributed by atoms with Gasteiger partial charge < -0.3 is 9.26 Å². The van der Waals surface area contributed by atoms with Crippen LogP contribution in [0.15, 0.2) is 40.9 Å². The zero-order chi connectivity index (χ0) is 15.5. The van der Waals surface area contributed by atoms with Crippen LogP contribution < -0.4 is 4.74 Å². The largest absolute Gasteiger partial charge is 0.496 e. The number of ether oxygens (including phenoxy) is 1. The molecule has 0 atom stereocenters. The van der Waals surface area contributed by atoms with E-state index < -0.39 is 0 Å². The lowest BCUT2D eigenvalue weighted by Crippen LogP contribution is -1.88. The van der Waals surface area contributed by atoms with Crippen LogP contribution in [0.4, 0.5) is 0 Å². The van der Waals surface area contributed by atoms with E-state index in [-0.39, 0.29) is 5.89 Å². The Morgan fingerprint density at radius 1 is 1.27 bits per heavy atom. The molecule has 0 aliphatic heterocycles. The number of nitrogens with zero attached hydrogens (tertiary/aromatic N) is 2. The van der Waals surface area contributed by atoms with E-state index in [0.29, 0.717) is 16.6 Å². The molecule has 0 aliphatic rings. The third-order valence-electron chi connectivity index (χ3n) is 3.01.